The van der Waals surface area contributed by atoms with Crippen LogP contribution < -0.4 is 10.1 Å². The maximum Gasteiger partial charge on any atom is 0.342 e. The average molecular weight is 270 g/mol. The standard InChI is InChI=1S/C13H14N6O/c1-3-14-12-16-10-7-5-4-6-9(10)11(17-12)20-13-15-8-19(2)18-13/h4-8H,3H2,1-2H3,(H,14,16,17). The minimum atomic E-state index is 0.263. The molecule has 3 aromatic rings. The third-order valence-corrected chi connectivity index (χ3v) is 2.67. The number of hydrogen-bond acceptors (Lipinski definition) is 6. The van der Waals surface area contributed by atoms with Crippen molar-refractivity contribution in [2.75, 3.05) is 11.9 Å². The van der Waals surface area contributed by atoms with Crippen LogP contribution in [0.3, 0.4) is 0 Å². The smallest absolute Gasteiger partial charge is 0.342 e. The molecule has 20 heavy (non-hydrogen) atoms. The molecule has 2 heterocycles. The van der Waals surface area contributed by atoms with Crippen LogP contribution >= 0.6 is 0 Å². The van der Waals surface area contributed by atoms with E-state index in [2.05, 4.69) is 25.4 Å². The highest BCUT2D eigenvalue weighted by molar-refractivity contribution is 5.84. The third-order valence-electron chi connectivity index (χ3n) is 2.67. The molecule has 102 valence electrons. The Morgan fingerprint density at radius 1 is 1.25 bits per heavy atom. The van der Waals surface area contributed by atoms with Crippen LogP contribution in [-0.4, -0.2) is 31.3 Å². The van der Waals surface area contributed by atoms with Gasteiger partial charge >= 0.3 is 6.01 Å². The molecule has 0 bridgehead atoms. The minimum Gasteiger partial charge on any atom is -0.403 e. The molecule has 1 aromatic carbocycles. The fourth-order valence-electron chi connectivity index (χ4n) is 1.82. The summed E-state index contributed by atoms with van der Waals surface area (Å²) >= 11 is 0. The first-order valence-corrected chi connectivity index (χ1v) is 6.30. The van der Waals surface area contributed by atoms with Crippen LogP contribution in [0.4, 0.5) is 5.95 Å². The van der Waals surface area contributed by atoms with Crippen LogP contribution in [0, 0.1) is 0 Å². The normalized spacial score (nSPS) is 10.7. The van der Waals surface area contributed by atoms with Crippen molar-refractivity contribution in [3.05, 3.63) is 30.6 Å². The van der Waals surface area contributed by atoms with Gasteiger partial charge in [-0.3, -0.25) is 4.68 Å². The number of benzene rings is 1. The molecule has 0 aliphatic heterocycles. The molecule has 1 N–H and O–H groups in total. The second kappa shape index (κ2) is 5.12. The van der Waals surface area contributed by atoms with Gasteiger partial charge in [-0.15, -0.1) is 5.10 Å². The molecule has 0 amide bonds. The molecule has 0 aliphatic rings. The van der Waals surface area contributed by atoms with Crippen molar-refractivity contribution in [3.63, 3.8) is 0 Å². The van der Waals surface area contributed by atoms with Crippen molar-refractivity contribution in [1.82, 2.24) is 24.7 Å². The highest BCUT2D eigenvalue weighted by Gasteiger charge is 2.11. The van der Waals surface area contributed by atoms with Gasteiger partial charge in [-0.25, -0.2) is 4.98 Å². The zero-order chi connectivity index (χ0) is 13.9. The molecule has 0 radical (unpaired) electrons. The summed E-state index contributed by atoms with van der Waals surface area (Å²) in [5, 5.41) is 7.99. The molecular weight excluding hydrogens is 256 g/mol. The predicted octanol–water partition coefficient (Wildman–Crippen LogP) is 1.98. The molecule has 7 nitrogen and oxygen atoms in total. The first-order chi connectivity index (χ1) is 9.76. The largest absolute Gasteiger partial charge is 0.403 e. The number of anilines is 1. The van der Waals surface area contributed by atoms with Crippen LogP contribution in [0.5, 0.6) is 11.9 Å². The number of aromatic nitrogens is 5. The maximum absolute atomic E-state index is 5.67. The lowest BCUT2D eigenvalue weighted by atomic mass is 10.2. The summed E-state index contributed by atoms with van der Waals surface area (Å²) in [6, 6.07) is 7.92. The van der Waals surface area contributed by atoms with E-state index < -0.39 is 0 Å². The SMILES string of the molecule is CCNc1nc(Oc2ncn(C)n2)c2ccccc2n1. The monoisotopic (exact) mass is 270 g/mol. The second-order valence-corrected chi connectivity index (χ2v) is 4.20. The average Bonchev–Trinajstić information content (AvgIpc) is 2.85. The molecule has 7 heteroatoms. The van der Waals surface area contributed by atoms with Crippen LogP contribution in [0.2, 0.25) is 0 Å². The zero-order valence-electron chi connectivity index (χ0n) is 11.2. The lowest BCUT2D eigenvalue weighted by molar-refractivity contribution is 0.428. The molecule has 0 saturated carbocycles. The van der Waals surface area contributed by atoms with Crippen molar-refractivity contribution in [3.8, 4) is 11.9 Å². The highest BCUT2D eigenvalue weighted by atomic mass is 16.5. The molecule has 3 rings (SSSR count). The number of para-hydroxylation sites is 1. The van der Waals surface area contributed by atoms with Crippen LogP contribution in [0.1, 0.15) is 6.92 Å². The van der Waals surface area contributed by atoms with E-state index >= 15 is 0 Å². The molecule has 0 fully saturated rings. The van der Waals surface area contributed by atoms with E-state index in [4.69, 9.17) is 4.74 Å². The molecule has 0 unspecified atom stereocenters. The first-order valence-electron chi connectivity index (χ1n) is 6.30. The van der Waals surface area contributed by atoms with Crippen molar-refractivity contribution in [2.24, 2.45) is 7.05 Å². The highest BCUT2D eigenvalue weighted by Crippen LogP contribution is 2.26. The third kappa shape index (κ3) is 2.37. The Bertz CT molecular complexity index is 739. The van der Waals surface area contributed by atoms with Gasteiger partial charge in [-0.05, 0) is 19.1 Å². The molecule has 0 spiro atoms. The van der Waals surface area contributed by atoms with Gasteiger partial charge in [0.2, 0.25) is 11.8 Å². The number of rotatable bonds is 4. The number of aryl methyl sites for hydroxylation is 1. The maximum atomic E-state index is 5.67. The summed E-state index contributed by atoms with van der Waals surface area (Å²) in [6.45, 7) is 2.72. The summed E-state index contributed by atoms with van der Waals surface area (Å²) < 4.78 is 7.24. The summed E-state index contributed by atoms with van der Waals surface area (Å²) in [7, 11) is 1.78. The number of nitrogens with one attached hydrogen (secondary N) is 1. The molecule has 0 saturated heterocycles. The molecule has 2 aromatic heterocycles. The van der Waals surface area contributed by atoms with Gasteiger partial charge in [0.05, 0.1) is 10.9 Å². The van der Waals surface area contributed by atoms with Gasteiger partial charge in [-0.2, -0.15) is 9.97 Å². The number of nitrogens with zero attached hydrogens (tertiary/aromatic N) is 5. The predicted molar refractivity (Wildman–Crippen MR) is 74.8 cm³/mol. The molecule has 0 atom stereocenters. The van der Waals surface area contributed by atoms with Gasteiger partial charge < -0.3 is 10.1 Å². The van der Waals surface area contributed by atoms with Gasteiger partial charge in [0.15, 0.2) is 0 Å². The summed E-state index contributed by atoms with van der Waals surface area (Å²) in [5.74, 6) is 0.967. The molecule has 0 aliphatic carbocycles. The minimum absolute atomic E-state index is 0.263. The second-order valence-electron chi connectivity index (χ2n) is 4.20. The van der Waals surface area contributed by atoms with E-state index in [1.165, 1.54) is 0 Å². The van der Waals surface area contributed by atoms with Crippen LogP contribution in [0.25, 0.3) is 10.9 Å². The van der Waals surface area contributed by atoms with Crippen molar-refractivity contribution >= 4 is 16.9 Å². The molecular formula is C13H14N6O. The Balaban J connectivity index is 2.06. The fraction of sp³-hybridized carbons (Fsp3) is 0.231. The van der Waals surface area contributed by atoms with Gasteiger partial charge in [-0.1, -0.05) is 12.1 Å². The summed E-state index contributed by atoms with van der Waals surface area (Å²) in [6.07, 6.45) is 1.57. The zero-order valence-corrected chi connectivity index (χ0v) is 11.2. The topological polar surface area (TPSA) is 77.8 Å². The van der Waals surface area contributed by atoms with E-state index in [0.717, 1.165) is 17.4 Å². The van der Waals surface area contributed by atoms with E-state index in [-0.39, 0.29) is 6.01 Å². The van der Waals surface area contributed by atoms with Gasteiger partial charge in [0.1, 0.15) is 6.33 Å². The van der Waals surface area contributed by atoms with Crippen molar-refractivity contribution in [2.45, 2.75) is 6.92 Å². The first kappa shape index (κ1) is 12.3. The van der Waals surface area contributed by atoms with E-state index in [0.29, 0.717) is 11.8 Å². The Morgan fingerprint density at radius 3 is 2.85 bits per heavy atom. The van der Waals surface area contributed by atoms with Crippen molar-refractivity contribution < 1.29 is 4.74 Å². The number of ether oxygens (including phenoxy) is 1. The Kier molecular flexibility index (Phi) is 3.16. The fourth-order valence-corrected chi connectivity index (χ4v) is 1.82. The van der Waals surface area contributed by atoms with E-state index in [9.17, 15) is 0 Å². The Hall–Kier alpha value is -2.70. The van der Waals surface area contributed by atoms with Gasteiger partial charge in [0, 0.05) is 13.6 Å². The lowest BCUT2D eigenvalue weighted by Crippen LogP contribution is -2.04. The lowest BCUT2D eigenvalue weighted by Gasteiger charge is -2.08. The Morgan fingerprint density at radius 2 is 2.10 bits per heavy atom. The Labute approximate surface area is 115 Å². The summed E-state index contributed by atoms with van der Waals surface area (Å²) in [4.78, 5) is 12.8. The van der Waals surface area contributed by atoms with E-state index in [1.807, 2.05) is 31.2 Å². The van der Waals surface area contributed by atoms with Crippen molar-refractivity contribution in [1.29, 1.82) is 0 Å². The summed E-state index contributed by atoms with van der Waals surface area (Å²) in [5.41, 5.74) is 0.810. The quantitative estimate of drug-likeness (QED) is 0.781. The van der Waals surface area contributed by atoms with E-state index in [1.54, 1.807) is 18.1 Å². The van der Waals surface area contributed by atoms with Crippen LogP contribution in [0.15, 0.2) is 30.6 Å². The number of fused-ring (bicyclic) bond motifs is 1. The van der Waals surface area contributed by atoms with Gasteiger partial charge in [0.25, 0.3) is 0 Å². The number of hydrogen-bond donors (Lipinski definition) is 1. The van der Waals surface area contributed by atoms with Crippen LogP contribution in [-0.2, 0) is 7.05 Å².